The molecule has 0 fully saturated rings. The van der Waals surface area contributed by atoms with Crippen LogP contribution in [0, 0.1) is 0 Å². The Kier molecular flexibility index (Phi) is 4.45. The van der Waals surface area contributed by atoms with Crippen LogP contribution in [0.1, 0.15) is 6.92 Å². The first kappa shape index (κ1) is 7.56. The van der Waals surface area contributed by atoms with E-state index in [1.165, 1.54) is 0 Å². The first-order chi connectivity index (χ1) is 3.81. The maximum Gasteiger partial charge on any atom is 0.509 e. The van der Waals surface area contributed by atoms with Crippen LogP contribution in [0.3, 0.4) is 0 Å². The highest BCUT2D eigenvalue weighted by Crippen LogP contribution is 1.85. The average molecular weight is 139 g/mol. The Bertz CT molecular complexity index is 65.7. The van der Waals surface area contributed by atoms with Gasteiger partial charge in [-0.15, -0.1) is 0 Å². The van der Waals surface area contributed by atoms with E-state index in [1.807, 2.05) is 0 Å². The van der Waals surface area contributed by atoms with Crippen LogP contribution in [0.2, 0.25) is 0 Å². The van der Waals surface area contributed by atoms with Crippen LogP contribution in [0.25, 0.3) is 0 Å². The molecule has 0 heterocycles. The van der Waals surface area contributed by atoms with Gasteiger partial charge in [-0.05, 0) is 6.92 Å². The topological polar surface area (TPSA) is 35.5 Å². The molecule has 0 aliphatic carbocycles. The maximum atomic E-state index is 10.1. The van der Waals surface area contributed by atoms with Crippen LogP contribution in [0.5, 0.6) is 0 Å². The molecule has 48 valence electrons. The lowest BCUT2D eigenvalue weighted by molar-refractivity contribution is 0.0720. The van der Waals surface area contributed by atoms with E-state index in [9.17, 15) is 4.79 Å². The van der Waals surface area contributed by atoms with Crippen LogP contribution in [0.4, 0.5) is 4.79 Å². The molecule has 4 heteroatoms. The molecule has 8 heavy (non-hydrogen) atoms. The first-order valence-electron chi connectivity index (χ1n) is 2.16. The lowest BCUT2D eigenvalue weighted by atomic mass is 10.9. The standard InChI is InChI=1S/C4H7ClO3/c1-2-7-4(6)8-3-5/h2-3H2,1H3. The monoisotopic (exact) mass is 138 g/mol. The number of carbonyl (C=O) groups is 1. The summed E-state index contributed by atoms with van der Waals surface area (Å²) in [6.07, 6.45) is -0.720. The van der Waals surface area contributed by atoms with E-state index in [-0.39, 0.29) is 6.07 Å². The zero-order valence-corrected chi connectivity index (χ0v) is 5.27. The van der Waals surface area contributed by atoms with E-state index in [4.69, 9.17) is 11.6 Å². The van der Waals surface area contributed by atoms with Crippen LogP contribution in [-0.2, 0) is 9.47 Å². The quantitative estimate of drug-likeness (QED) is 0.427. The van der Waals surface area contributed by atoms with Gasteiger partial charge in [-0.2, -0.15) is 0 Å². The van der Waals surface area contributed by atoms with Crippen LogP contribution < -0.4 is 0 Å². The number of hydrogen-bond acceptors (Lipinski definition) is 3. The van der Waals surface area contributed by atoms with Gasteiger partial charge in [0.15, 0.2) is 6.07 Å². The molecule has 0 saturated carbocycles. The third-order valence-electron chi connectivity index (χ3n) is 0.435. The second kappa shape index (κ2) is 4.71. The number of rotatable bonds is 2. The summed E-state index contributed by atoms with van der Waals surface area (Å²) in [6.45, 7) is 2.01. The molecule has 0 bridgehead atoms. The first-order valence-corrected chi connectivity index (χ1v) is 2.70. The second-order valence-electron chi connectivity index (χ2n) is 0.936. The Labute approximate surface area is 52.5 Å². The van der Waals surface area contributed by atoms with Gasteiger partial charge in [0.25, 0.3) is 0 Å². The molecule has 0 radical (unpaired) electrons. The molecule has 0 aliphatic heterocycles. The van der Waals surface area contributed by atoms with Crippen LogP contribution in [-0.4, -0.2) is 18.8 Å². The Hall–Kier alpha value is -0.440. The van der Waals surface area contributed by atoms with Crippen molar-refractivity contribution in [1.29, 1.82) is 0 Å². The summed E-state index contributed by atoms with van der Waals surface area (Å²) in [5.41, 5.74) is 0. The molecule has 3 nitrogen and oxygen atoms in total. The number of halogens is 1. The lowest BCUT2D eigenvalue weighted by Gasteiger charge is -1.97. The van der Waals surface area contributed by atoms with Gasteiger partial charge in [0.1, 0.15) is 0 Å². The third-order valence-corrected chi connectivity index (χ3v) is 0.544. The molecular weight excluding hydrogens is 131 g/mol. The van der Waals surface area contributed by atoms with Gasteiger partial charge < -0.3 is 9.47 Å². The van der Waals surface area contributed by atoms with Gasteiger partial charge in [-0.25, -0.2) is 4.79 Å². The largest absolute Gasteiger partial charge is 0.509 e. The highest BCUT2D eigenvalue weighted by atomic mass is 35.5. The highest BCUT2D eigenvalue weighted by Gasteiger charge is 1.96. The minimum Gasteiger partial charge on any atom is -0.435 e. The number of carbonyl (C=O) groups excluding carboxylic acids is 1. The van der Waals surface area contributed by atoms with Gasteiger partial charge in [0.2, 0.25) is 0 Å². The van der Waals surface area contributed by atoms with E-state index >= 15 is 0 Å². The molecule has 0 spiro atoms. The van der Waals surface area contributed by atoms with Gasteiger partial charge in [0, 0.05) is 0 Å². The van der Waals surface area contributed by atoms with Crippen molar-refractivity contribution in [2.24, 2.45) is 0 Å². The maximum absolute atomic E-state index is 10.1. The fourth-order valence-electron chi connectivity index (χ4n) is 0.204. The van der Waals surface area contributed by atoms with Crippen molar-refractivity contribution in [2.45, 2.75) is 6.92 Å². The molecule has 0 unspecified atom stereocenters. The van der Waals surface area contributed by atoms with Crippen molar-refractivity contribution >= 4 is 17.8 Å². The van der Waals surface area contributed by atoms with Crippen molar-refractivity contribution in [2.75, 3.05) is 12.7 Å². The Balaban J connectivity index is 3.06. The predicted molar refractivity (Wildman–Crippen MR) is 28.8 cm³/mol. The molecular formula is C4H7ClO3. The normalized spacial score (nSPS) is 8.25. The minimum absolute atomic E-state index is 0.154. The fourth-order valence-corrected chi connectivity index (χ4v) is 0.293. The van der Waals surface area contributed by atoms with Crippen molar-refractivity contribution in [3.63, 3.8) is 0 Å². The Morgan fingerprint density at radius 2 is 2.25 bits per heavy atom. The van der Waals surface area contributed by atoms with Crippen molar-refractivity contribution in [1.82, 2.24) is 0 Å². The van der Waals surface area contributed by atoms with E-state index < -0.39 is 6.16 Å². The second-order valence-corrected chi connectivity index (χ2v) is 1.15. The van der Waals surface area contributed by atoms with Crippen LogP contribution >= 0.6 is 11.6 Å². The average Bonchev–Trinajstić information content (AvgIpc) is 1.68. The van der Waals surface area contributed by atoms with Gasteiger partial charge >= 0.3 is 6.16 Å². The lowest BCUT2D eigenvalue weighted by Crippen LogP contribution is -2.04. The number of hydrogen-bond donors (Lipinski definition) is 0. The molecule has 0 rings (SSSR count). The predicted octanol–water partition coefficient (Wildman–Crippen LogP) is 1.36. The zero-order chi connectivity index (χ0) is 6.41. The summed E-state index contributed by atoms with van der Waals surface area (Å²) in [4.78, 5) is 10.1. The van der Waals surface area contributed by atoms with E-state index in [2.05, 4.69) is 9.47 Å². The summed E-state index contributed by atoms with van der Waals surface area (Å²) >= 11 is 5.01. The van der Waals surface area contributed by atoms with Gasteiger partial charge in [0.05, 0.1) is 6.61 Å². The summed E-state index contributed by atoms with van der Waals surface area (Å²) in [5.74, 6) is 0. The Morgan fingerprint density at radius 3 is 2.62 bits per heavy atom. The summed E-state index contributed by atoms with van der Waals surface area (Å²) in [7, 11) is 0. The van der Waals surface area contributed by atoms with Crippen molar-refractivity contribution in [3.8, 4) is 0 Å². The van der Waals surface area contributed by atoms with Crippen molar-refractivity contribution in [3.05, 3.63) is 0 Å². The molecule has 0 N–H and O–H groups in total. The molecule has 0 aliphatic rings. The molecule has 0 aromatic rings. The smallest absolute Gasteiger partial charge is 0.435 e. The summed E-state index contributed by atoms with van der Waals surface area (Å²) in [6, 6.07) is -0.154. The Morgan fingerprint density at radius 1 is 1.62 bits per heavy atom. The number of ether oxygens (including phenoxy) is 2. The van der Waals surface area contributed by atoms with Crippen LogP contribution in [0.15, 0.2) is 0 Å². The molecule has 0 aromatic heterocycles. The molecule has 0 saturated heterocycles. The van der Waals surface area contributed by atoms with Gasteiger partial charge in [-0.3, -0.25) is 0 Å². The van der Waals surface area contributed by atoms with E-state index in [0.717, 1.165) is 0 Å². The van der Waals surface area contributed by atoms with E-state index in [1.54, 1.807) is 6.92 Å². The highest BCUT2D eigenvalue weighted by molar-refractivity contribution is 6.17. The summed E-state index contributed by atoms with van der Waals surface area (Å²) < 4.78 is 8.52. The fraction of sp³-hybridized carbons (Fsp3) is 0.750. The summed E-state index contributed by atoms with van der Waals surface area (Å²) in [5, 5.41) is 0. The molecule has 0 atom stereocenters. The minimum atomic E-state index is -0.720. The SMILES string of the molecule is CCOC(=O)OCCl. The third kappa shape index (κ3) is 3.74. The van der Waals surface area contributed by atoms with E-state index in [0.29, 0.717) is 6.61 Å². The molecule has 0 amide bonds. The van der Waals surface area contributed by atoms with Gasteiger partial charge in [-0.1, -0.05) is 11.6 Å². The molecule has 0 aromatic carbocycles. The number of alkyl halides is 1. The zero-order valence-electron chi connectivity index (χ0n) is 4.52. The van der Waals surface area contributed by atoms with Crippen molar-refractivity contribution < 1.29 is 14.3 Å².